The fourth-order valence-electron chi connectivity index (χ4n) is 2.23. The van der Waals surface area contributed by atoms with Gasteiger partial charge in [-0.1, -0.05) is 22.9 Å². The van der Waals surface area contributed by atoms with Crippen molar-refractivity contribution in [2.45, 2.75) is 6.92 Å². The lowest BCUT2D eigenvalue weighted by molar-refractivity contribution is -0.384. The largest absolute Gasteiger partial charge is 0.298 e. The number of carbonyl (C=O) groups is 1. The van der Waals surface area contributed by atoms with Gasteiger partial charge in [-0.2, -0.15) is 0 Å². The molecule has 0 unspecified atom stereocenters. The molecule has 0 fully saturated rings. The molecule has 0 saturated heterocycles. The Hall–Kier alpha value is -2.77. The van der Waals surface area contributed by atoms with E-state index in [0.717, 1.165) is 15.8 Å². The Labute approximate surface area is 151 Å². The van der Waals surface area contributed by atoms with Crippen LogP contribution in [0.5, 0.6) is 0 Å². The molecule has 0 aliphatic rings. The number of thiazole rings is 1. The number of nitrogens with zero attached hydrogens (tertiary/aromatic N) is 2. The number of nitro groups is 1. The number of anilines is 1. The number of amides is 1. The van der Waals surface area contributed by atoms with Crippen molar-refractivity contribution >= 4 is 56.0 Å². The first-order chi connectivity index (χ1) is 11.9. The molecule has 0 spiro atoms. The van der Waals surface area contributed by atoms with Crippen molar-refractivity contribution in [3.05, 3.63) is 68.7 Å². The summed E-state index contributed by atoms with van der Waals surface area (Å²) in [4.78, 5) is 26.6. The fraction of sp³-hybridized carbons (Fsp3) is 0.0588. The highest BCUT2D eigenvalue weighted by Gasteiger charge is 2.09. The molecule has 0 atom stereocenters. The smallest absolute Gasteiger partial charge is 0.269 e. The van der Waals surface area contributed by atoms with E-state index in [1.807, 2.05) is 19.1 Å². The second-order valence-corrected chi connectivity index (χ2v) is 6.73. The van der Waals surface area contributed by atoms with Crippen molar-refractivity contribution in [3.8, 4) is 0 Å². The van der Waals surface area contributed by atoms with Gasteiger partial charge in [0.2, 0.25) is 5.91 Å². The highest BCUT2D eigenvalue weighted by atomic mass is 35.5. The van der Waals surface area contributed by atoms with Crippen molar-refractivity contribution in [2.75, 3.05) is 5.32 Å². The Balaban J connectivity index is 1.71. The zero-order valence-electron chi connectivity index (χ0n) is 13.0. The number of nitro benzene ring substituents is 1. The van der Waals surface area contributed by atoms with Gasteiger partial charge in [0, 0.05) is 23.2 Å². The van der Waals surface area contributed by atoms with E-state index in [9.17, 15) is 14.9 Å². The van der Waals surface area contributed by atoms with Crippen LogP contribution in [0.2, 0.25) is 5.02 Å². The van der Waals surface area contributed by atoms with Crippen LogP contribution in [-0.4, -0.2) is 15.8 Å². The Morgan fingerprint density at radius 2 is 2.04 bits per heavy atom. The van der Waals surface area contributed by atoms with Gasteiger partial charge in [-0.25, -0.2) is 4.98 Å². The van der Waals surface area contributed by atoms with Gasteiger partial charge in [0.05, 0.1) is 15.1 Å². The molecule has 1 N–H and O–H groups in total. The molecule has 0 aliphatic heterocycles. The lowest BCUT2D eigenvalue weighted by Crippen LogP contribution is -2.07. The Morgan fingerprint density at radius 1 is 1.32 bits per heavy atom. The van der Waals surface area contributed by atoms with Crippen molar-refractivity contribution in [2.24, 2.45) is 0 Å². The van der Waals surface area contributed by atoms with Crippen LogP contribution in [0.25, 0.3) is 16.3 Å². The summed E-state index contributed by atoms with van der Waals surface area (Å²) in [5, 5.41) is 14.4. The number of hydrogen-bond donors (Lipinski definition) is 1. The zero-order chi connectivity index (χ0) is 18.0. The number of benzene rings is 2. The maximum Gasteiger partial charge on any atom is 0.269 e. The van der Waals surface area contributed by atoms with E-state index in [1.54, 1.807) is 18.2 Å². The van der Waals surface area contributed by atoms with Gasteiger partial charge in [-0.3, -0.25) is 20.2 Å². The van der Waals surface area contributed by atoms with E-state index in [2.05, 4.69) is 10.3 Å². The lowest BCUT2D eigenvalue weighted by Gasteiger charge is -1.96. The third kappa shape index (κ3) is 4.01. The monoisotopic (exact) mass is 373 g/mol. The molecule has 25 heavy (non-hydrogen) atoms. The molecule has 1 amide bonds. The van der Waals surface area contributed by atoms with Crippen molar-refractivity contribution in [3.63, 3.8) is 0 Å². The van der Waals surface area contributed by atoms with E-state index in [0.29, 0.717) is 15.7 Å². The molecule has 0 bridgehead atoms. The van der Waals surface area contributed by atoms with Gasteiger partial charge < -0.3 is 0 Å². The average molecular weight is 374 g/mol. The average Bonchev–Trinajstić information content (AvgIpc) is 2.96. The van der Waals surface area contributed by atoms with Gasteiger partial charge in [0.1, 0.15) is 0 Å². The molecular formula is C17H12ClN3O3S. The Kier molecular flexibility index (Phi) is 4.78. The van der Waals surface area contributed by atoms with Crippen LogP contribution in [0.1, 0.15) is 11.1 Å². The Morgan fingerprint density at radius 3 is 2.72 bits per heavy atom. The first-order valence-electron chi connectivity index (χ1n) is 7.22. The number of fused-ring (bicyclic) bond motifs is 1. The summed E-state index contributed by atoms with van der Waals surface area (Å²) in [6.07, 6.45) is 2.93. The number of nitrogens with one attached hydrogen (secondary N) is 1. The minimum absolute atomic E-state index is 0.00473. The molecule has 2 aromatic carbocycles. The zero-order valence-corrected chi connectivity index (χ0v) is 14.6. The summed E-state index contributed by atoms with van der Waals surface area (Å²) in [6.45, 7) is 1.91. The van der Waals surface area contributed by atoms with Crippen LogP contribution in [0.15, 0.2) is 42.5 Å². The van der Waals surface area contributed by atoms with Gasteiger partial charge >= 0.3 is 0 Å². The summed E-state index contributed by atoms with van der Waals surface area (Å²) >= 11 is 7.37. The van der Waals surface area contributed by atoms with Gasteiger partial charge in [-0.15, -0.1) is 0 Å². The molecule has 1 heterocycles. The van der Waals surface area contributed by atoms with E-state index in [4.69, 9.17) is 11.6 Å². The molecule has 0 saturated carbocycles. The standard InChI is InChI=1S/C17H12ClN3O3S/c1-10-8-12(18)9-14-16(10)20-17(25-14)19-15(22)7-4-11-2-5-13(6-3-11)21(23)24/h2-9H,1H3,(H,19,20,22)/b7-4-. The summed E-state index contributed by atoms with van der Waals surface area (Å²) in [6, 6.07) is 9.55. The normalized spacial score (nSPS) is 11.1. The van der Waals surface area contributed by atoms with Crippen LogP contribution in [0.3, 0.4) is 0 Å². The third-order valence-corrected chi connectivity index (χ3v) is 4.55. The van der Waals surface area contributed by atoms with Crippen LogP contribution in [-0.2, 0) is 4.79 Å². The second-order valence-electron chi connectivity index (χ2n) is 5.26. The van der Waals surface area contributed by atoms with Crippen molar-refractivity contribution in [1.29, 1.82) is 0 Å². The summed E-state index contributed by atoms with van der Waals surface area (Å²) < 4.78 is 0.902. The minimum atomic E-state index is -0.471. The fourth-order valence-corrected chi connectivity index (χ4v) is 3.56. The second kappa shape index (κ2) is 7.00. The molecule has 8 heteroatoms. The number of non-ortho nitro benzene ring substituents is 1. The predicted octanol–water partition coefficient (Wildman–Crippen LogP) is 4.82. The SMILES string of the molecule is Cc1cc(Cl)cc2sc(NC(=O)/C=C\c3ccc([N+](=O)[O-])cc3)nc12. The molecule has 1 aromatic heterocycles. The number of hydrogen-bond acceptors (Lipinski definition) is 5. The van der Waals surface area contributed by atoms with E-state index in [1.165, 1.54) is 29.5 Å². The maximum absolute atomic E-state index is 12.0. The van der Waals surface area contributed by atoms with E-state index < -0.39 is 4.92 Å². The first kappa shape index (κ1) is 17.1. The maximum atomic E-state index is 12.0. The molecular weight excluding hydrogens is 362 g/mol. The van der Waals surface area contributed by atoms with Crippen LogP contribution < -0.4 is 5.32 Å². The number of halogens is 1. The quantitative estimate of drug-likeness (QED) is 0.403. The highest BCUT2D eigenvalue weighted by Crippen LogP contribution is 2.30. The molecule has 3 aromatic rings. The van der Waals surface area contributed by atoms with Crippen LogP contribution in [0.4, 0.5) is 10.8 Å². The first-order valence-corrected chi connectivity index (χ1v) is 8.42. The van der Waals surface area contributed by atoms with E-state index in [-0.39, 0.29) is 11.6 Å². The summed E-state index contributed by atoms with van der Waals surface area (Å²) in [7, 11) is 0. The number of aryl methyl sites for hydroxylation is 1. The molecule has 0 radical (unpaired) electrons. The molecule has 126 valence electrons. The van der Waals surface area contributed by atoms with Gasteiger partial charge in [0.15, 0.2) is 5.13 Å². The van der Waals surface area contributed by atoms with Gasteiger partial charge in [-0.05, 0) is 48.4 Å². The Bertz CT molecular complexity index is 996. The number of rotatable bonds is 4. The summed E-state index contributed by atoms with van der Waals surface area (Å²) in [5.41, 5.74) is 2.45. The van der Waals surface area contributed by atoms with Gasteiger partial charge in [0.25, 0.3) is 5.69 Å². The van der Waals surface area contributed by atoms with Crippen LogP contribution >= 0.6 is 22.9 Å². The summed E-state index contributed by atoms with van der Waals surface area (Å²) in [5.74, 6) is -0.332. The molecule has 6 nitrogen and oxygen atoms in total. The topological polar surface area (TPSA) is 85.1 Å². The van der Waals surface area contributed by atoms with Crippen LogP contribution in [0, 0.1) is 17.0 Å². The third-order valence-electron chi connectivity index (χ3n) is 3.41. The highest BCUT2D eigenvalue weighted by molar-refractivity contribution is 7.22. The van der Waals surface area contributed by atoms with E-state index >= 15 is 0 Å². The minimum Gasteiger partial charge on any atom is -0.298 e. The molecule has 3 rings (SSSR count). The van der Waals surface area contributed by atoms with Crippen molar-refractivity contribution < 1.29 is 9.72 Å². The lowest BCUT2D eigenvalue weighted by atomic mass is 10.2. The van der Waals surface area contributed by atoms with Crippen molar-refractivity contribution in [1.82, 2.24) is 4.98 Å². The number of carbonyl (C=O) groups excluding carboxylic acids is 1. The number of aromatic nitrogens is 1. The predicted molar refractivity (Wildman–Crippen MR) is 100 cm³/mol. The molecule has 0 aliphatic carbocycles.